The van der Waals surface area contributed by atoms with Crippen molar-refractivity contribution in [1.82, 2.24) is 5.32 Å². The van der Waals surface area contributed by atoms with Gasteiger partial charge in [-0.1, -0.05) is 19.9 Å². The van der Waals surface area contributed by atoms with Gasteiger partial charge in [-0.15, -0.1) is 0 Å². The van der Waals surface area contributed by atoms with E-state index in [9.17, 15) is 8.78 Å². The number of halogens is 2. The maximum Gasteiger partial charge on any atom is 0.159 e. The molecule has 0 amide bonds. The fourth-order valence-electron chi connectivity index (χ4n) is 1.97. The molecule has 1 fully saturated rings. The van der Waals surface area contributed by atoms with Crippen LogP contribution in [-0.2, 0) is 6.42 Å². The summed E-state index contributed by atoms with van der Waals surface area (Å²) in [7, 11) is 0. The van der Waals surface area contributed by atoms with E-state index in [0.29, 0.717) is 6.04 Å². The third-order valence-electron chi connectivity index (χ3n) is 3.11. The molecule has 0 radical (unpaired) electrons. The van der Waals surface area contributed by atoms with Gasteiger partial charge >= 0.3 is 0 Å². The van der Waals surface area contributed by atoms with Crippen LogP contribution in [0.15, 0.2) is 18.2 Å². The Morgan fingerprint density at radius 3 is 2.53 bits per heavy atom. The van der Waals surface area contributed by atoms with E-state index in [0.717, 1.165) is 18.5 Å². The Balaban J connectivity index is 1.94. The minimum atomic E-state index is -0.775. The summed E-state index contributed by atoms with van der Waals surface area (Å²) in [5, 5.41) is 3.48. The zero-order valence-corrected chi connectivity index (χ0v) is 10.4. The van der Waals surface area contributed by atoms with Crippen LogP contribution in [-0.4, -0.2) is 12.6 Å². The fourth-order valence-corrected chi connectivity index (χ4v) is 1.97. The number of nitrogens with one attached hydrogen (secondary N) is 1. The smallest absolute Gasteiger partial charge is 0.159 e. The van der Waals surface area contributed by atoms with Crippen LogP contribution in [0.1, 0.15) is 32.3 Å². The van der Waals surface area contributed by atoms with Crippen LogP contribution in [0.2, 0.25) is 0 Å². The average molecular weight is 239 g/mol. The molecule has 1 nitrogen and oxygen atoms in total. The Kier molecular flexibility index (Phi) is 3.48. The number of benzene rings is 1. The van der Waals surface area contributed by atoms with Gasteiger partial charge in [0.15, 0.2) is 11.6 Å². The molecule has 1 N–H and O–H groups in total. The Labute approximate surface area is 101 Å². The van der Waals surface area contributed by atoms with E-state index in [1.165, 1.54) is 25.0 Å². The molecule has 0 heterocycles. The van der Waals surface area contributed by atoms with Crippen LogP contribution < -0.4 is 5.32 Å². The summed E-state index contributed by atoms with van der Waals surface area (Å²) >= 11 is 0. The summed E-state index contributed by atoms with van der Waals surface area (Å²) in [5.41, 5.74) is 0.916. The van der Waals surface area contributed by atoms with Crippen molar-refractivity contribution in [3.8, 4) is 0 Å². The first-order valence-corrected chi connectivity index (χ1v) is 6.14. The van der Waals surface area contributed by atoms with E-state index >= 15 is 0 Å². The van der Waals surface area contributed by atoms with Crippen LogP contribution in [0.25, 0.3) is 0 Å². The van der Waals surface area contributed by atoms with Gasteiger partial charge in [-0.25, -0.2) is 8.78 Å². The zero-order chi connectivity index (χ0) is 12.5. The first kappa shape index (κ1) is 12.5. The maximum atomic E-state index is 13.1. The van der Waals surface area contributed by atoms with Gasteiger partial charge in [0.1, 0.15) is 0 Å². The van der Waals surface area contributed by atoms with Crippen molar-refractivity contribution in [2.45, 2.75) is 39.2 Å². The molecule has 0 aromatic heterocycles. The van der Waals surface area contributed by atoms with Crippen LogP contribution >= 0.6 is 0 Å². The van der Waals surface area contributed by atoms with Crippen molar-refractivity contribution in [1.29, 1.82) is 0 Å². The molecule has 1 aromatic carbocycles. The average Bonchev–Trinajstić information content (AvgIpc) is 3.04. The van der Waals surface area contributed by atoms with Crippen LogP contribution in [0.5, 0.6) is 0 Å². The van der Waals surface area contributed by atoms with Gasteiger partial charge in [0.25, 0.3) is 0 Å². The number of hydrogen-bond acceptors (Lipinski definition) is 1. The first-order chi connectivity index (χ1) is 7.96. The summed E-state index contributed by atoms with van der Waals surface area (Å²) in [6, 6.07) is 4.85. The number of rotatable bonds is 5. The fraction of sp³-hybridized carbons (Fsp3) is 0.571. The van der Waals surface area contributed by atoms with E-state index in [1.54, 1.807) is 6.07 Å². The van der Waals surface area contributed by atoms with Gasteiger partial charge < -0.3 is 5.32 Å². The normalized spacial score (nSPS) is 16.2. The second-order valence-electron chi connectivity index (χ2n) is 5.74. The molecule has 1 saturated carbocycles. The Hall–Kier alpha value is -0.960. The molecular formula is C14H19F2N. The minimum absolute atomic E-state index is 0.0624. The Morgan fingerprint density at radius 1 is 1.24 bits per heavy atom. The highest BCUT2D eigenvalue weighted by Crippen LogP contribution is 2.25. The predicted molar refractivity (Wildman–Crippen MR) is 64.9 cm³/mol. The van der Waals surface area contributed by atoms with Crippen LogP contribution in [0, 0.1) is 17.0 Å². The molecule has 17 heavy (non-hydrogen) atoms. The van der Waals surface area contributed by atoms with E-state index in [2.05, 4.69) is 19.2 Å². The third kappa shape index (κ3) is 3.77. The van der Waals surface area contributed by atoms with Crippen molar-refractivity contribution in [2.24, 2.45) is 5.41 Å². The van der Waals surface area contributed by atoms with Gasteiger partial charge in [-0.2, -0.15) is 0 Å². The van der Waals surface area contributed by atoms with Crippen molar-refractivity contribution in [2.75, 3.05) is 6.54 Å². The molecule has 0 bridgehead atoms. The molecule has 94 valence electrons. The molecule has 1 aromatic rings. The maximum absolute atomic E-state index is 13.1. The standard InChI is InChI=1S/C14H19F2N/c1-14(2,9-17-11-4-5-11)8-10-3-6-12(15)13(16)7-10/h3,6-7,11,17H,4-5,8-9H2,1-2H3. The van der Waals surface area contributed by atoms with E-state index in [4.69, 9.17) is 0 Å². The molecule has 2 rings (SSSR count). The van der Waals surface area contributed by atoms with Crippen molar-refractivity contribution in [3.05, 3.63) is 35.4 Å². The molecule has 0 atom stereocenters. The minimum Gasteiger partial charge on any atom is -0.313 e. The molecule has 0 saturated heterocycles. The van der Waals surface area contributed by atoms with E-state index < -0.39 is 11.6 Å². The molecule has 0 unspecified atom stereocenters. The molecule has 0 spiro atoms. The zero-order valence-electron chi connectivity index (χ0n) is 10.4. The Bertz CT molecular complexity index is 397. The first-order valence-electron chi connectivity index (χ1n) is 6.14. The van der Waals surface area contributed by atoms with Gasteiger partial charge in [-0.05, 0) is 42.4 Å². The highest BCUT2D eigenvalue weighted by molar-refractivity contribution is 5.19. The molecule has 3 heteroatoms. The predicted octanol–water partition coefficient (Wildman–Crippen LogP) is 3.29. The highest BCUT2D eigenvalue weighted by Gasteiger charge is 2.25. The molecule has 0 aliphatic heterocycles. The molecular weight excluding hydrogens is 220 g/mol. The van der Waals surface area contributed by atoms with Crippen molar-refractivity contribution < 1.29 is 8.78 Å². The van der Waals surface area contributed by atoms with Gasteiger partial charge in [0.2, 0.25) is 0 Å². The van der Waals surface area contributed by atoms with Gasteiger partial charge in [-0.3, -0.25) is 0 Å². The van der Waals surface area contributed by atoms with E-state index in [-0.39, 0.29) is 5.41 Å². The lowest BCUT2D eigenvalue weighted by Crippen LogP contribution is -2.32. The third-order valence-corrected chi connectivity index (χ3v) is 3.11. The van der Waals surface area contributed by atoms with Crippen molar-refractivity contribution >= 4 is 0 Å². The highest BCUT2D eigenvalue weighted by atomic mass is 19.2. The summed E-state index contributed by atoms with van der Waals surface area (Å²) in [5.74, 6) is -1.53. The van der Waals surface area contributed by atoms with Gasteiger partial charge in [0.05, 0.1) is 0 Å². The molecule has 1 aliphatic carbocycles. The quantitative estimate of drug-likeness (QED) is 0.831. The van der Waals surface area contributed by atoms with Gasteiger partial charge in [0, 0.05) is 12.6 Å². The largest absolute Gasteiger partial charge is 0.313 e. The SMILES string of the molecule is CC(C)(CNC1CC1)Cc1ccc(F)c(F)c1. The van der Waals surface area contributed by atoms with Crippen LogP contribution in [0.3, 0.4) is 0 Å². The second-order valence-corrected chi connectivity index (χ2v) is 5.74. The topological polar surface area (TPSA) is 12.0 Å². The van der Waals surface area contributed by atoms with E-state index in [1.807, 2.05) is 0 Å². The van der Waals surface area contributed by atoms with Crippen molar-refractivity contribution in [3.63, 3.8) is 0 Å². The monoisotopic (exact) mass is 239 g/mol. The summed E-state index contributed by atoms with van der Waals surface area (Å²) in [6.45, 7) is 5.20. The summed E-state index contributed by atoms with van der Waals surface area (Å²) in [6.07, 6.45) is 3.28. The molecule has 1 aliphatic rings. The lowest BCUT2D eigenvalue weighted by Gasteiger charge is -2.25. The second kappa shape index (κ2) is 4.73. The van der Waals surface area contributed by atoms with Crippen LogP contribution in [0.4, 0.5) is 8.78 Å². The summed E-state index contributed by atoms with van der Waals surface area (Å²) in [4.78, 5) is 0. The lowest BCUT2D eigenvalue weighted by molar-refractivity contribution is 0.336. The lowest BCUT2D eigenvalue weighted by atomic mass is 9.85. The Morgan fingerprint density at radius 2 is 1.94 bits per heavy atom. The number of hydrogen-bond donors (Lipinski definition) is 1. The summed E-state index contributed by atoms with van der Waals surface area (Å²) < 4.78 is 25.9.